The minimum Gasteiger partial charge on any atom is -0.508 e. The van der Waals surface area contributed by atoms with Crippen molar-refractivity contribution in [2.75, 3.05) is 0 Å². The predicted octanol–water partition coefficient (Wildman–Crippen LogP) is 1.91. The Hall–Kier alpha value is -1.88. The maximum absolute atomic E-state index is 13.1. The molecule has 1 heterocycles. The second-order valence-corrected chi connectivity index (χ2v) is 4.33. The van der Waals surface area contributed by atoms with E-state index in [-0.39, 0.29) is 11.8 Å². The number of hydrogen-bond acceptors (Lipinski definition) is 3. The van der Waals surface area contributed by atoms with Gasteiger partial charge in [0.15, 0.2) is 0 Å². The highest BCUT2D eigenvalue weighted by atomic mass is 19.1. The minimum atomic E-state index is -0.425. The lowest BCUT2D eigenvalue weighted by atomic mass is 10.2. The molecular formula is C13H16FN3O. The van der Waals surface area contributed by atoms with Crippen LogP contribution in [0.3, 0.4) is 0 Å². The first-order chi connectivity index (χ1) is 8.63. The Balaban J connectivity index is 1.87. The molecule has 96 valence electrons. The van der Waals surface area contributed by atoms with Crippen LogP contribution in [0, 0.1) is 5.82 Å². The molecule has 5 heteroatoms. The summed E-state index contributed by atoms with van der Waals surface area (Å²) in [6, 6.07) is 6.13. The summed E-state index contributed by atoms with van der Waals surface area (Å²) in [6.07, 6.45) is 3.63. The number of aromatic hydroxyl groups is 1. The number of nitrogens with one attached hydrogen (secondary N) is 1. The Morgan fingerprint density at radius 2 is 2.28 bits per heavy atom. The number of nitrogens with zero attached hydrogens (tertiary/aromatic N) is 2. The fourth-order valence-electron chi connectivity index (χ4n) is 1.78. The largest absolute Gasteiger partial charge is 0.508 e. The summed E-state index contributed by atoms with van der Waals surface area (Å²) in [5, 5.41) is 16.7. The highest BCUT2D eigenvalue weighted by molar-refractivity contribution is 5.28. The van der Waals surface area contributed by atoms with Gasteiger partial charge in [0.05, 0.1) is 6.54 Å². The van der Waals surface area contributed by atoms with E-state index in [2.05, 4.69) is 10.4 Å². The highest BCUT2D eigenvalue weighted by Crippen LogP contribution is 2.14. The molecule has 0 aliphatic rings. The van der Waals surface area contributed by atoms with Crippen molar-refractivity contribution in [3.63, 3.8) is 0 Å². The zero-order valence-corrected chi connectivity index (χ0v) is 10.2. The van der Waals surface area contributed by atoms with E-state index in [1.54, 1.807) is 12.3 Å². The molecule has 1 atom stereocenters. The molecule has 2 N–H and O–H groups in total. The predicted molar refractivity (Wildman–Crippen MR) is 66.6 cm³/mol. The summed E-state index contributed by atoms with van der Waals surface area (Å²) in [5.41, 5.74) is 0.722. The number of aromatic nitrogens is 2. The van der Waals surface area contributed by atoms with Crippen LogP contribution < -0.4 is 5.32 Å². The molecule has 0 aliphatic carbocycles. The Labute approximate surface area is 105 Å². The van der Waals surface area contributed by atoms with Crippen LogP contribution in [0.25, 0.3) is 0 Å². The highest BCUT2D eigenvalue weighted by Gasteiger charge is 2.04. The molecule has 18 heavy (non-hydrogen) atoms. The maximum atomic E-state index is 13.1. The quantitative estimate of drug-likeness (QED) is 0.851. The lowest BCUT2D eigenvalue weighted by molar-refractivity contribution is 0.446. The van der Waals surface area contributed by atoms with Gasteiger partial charge in [0.25, 0.3) is 0 Å². The monoisotopic (exact) mass is 249 g/mol. The molecule has 2 aromatic rings. The van der Waals surface area contributed by atoms with Gasteiger partial charge in [-0.15, -0.1) is 0 Å². The molecule has 1 aromatic carbocycles. The SMILES string of the molecule is CC(Cn1cccn1)NCc1cc(O)cc(F)c1. The van der Waals surface area contributed by atoms with E-state index < -0.39 is 5.82 Å². The van der Waals surface area contributed by atoms with Gasteiger partial charge in [-0.2, -0.15) is 5.10 Å². The number of rotatable bonds is 5. The average molecular weight is 249 g/mol. The van der Waals surface area contributed by atoms with Crippen LogP contribution in [-0.4, -0.2) is 20.9 Å². The Morgan fingerprint density at radius 1 is 1.44 bits per heavy atom. The van der Waals surface area contributed by atoms with Gasteiger partial charge in [-0.25, -0.2) is 4.39 Å². The van der Waals surface area contributed by atoms with Crippen LogP contribution in [0.4, 0.5) is 4.39 Å². The summed E-state index contributed by atoms with van der Waals surface area (Å²) in [5.74, 6) is -0.474. The maximum Gasteiger partial charge on any atom is 0.127 e. The molecule has 0 aliphatic heterocycles. The third kappa shape index (κ3) is 3.56. The Bertz CT molecular complexity index is 479. The number of hydrogen-bond donors (Lipinski definition) is 2. The molecule has 0 saturated carbocycles. The van der Waals surface area contributed by atoms with E-state index in [4.69, 9.17) is 0 Å². The molecule has 0 bridgehead atoms. The van der Waals surface area contributed by atoms with Gasteiger partial charge in [0.1, 0.15) is 11.6 Å². The molecule has 0 fully saturated rings. The van der Waals surface area contributed by atoms with E-state index in [9.17, 15) is 9.50 Å². The molecule has 0 amide bonds. The van der Waals surface area contributed by atoms with Crippen LogP contribution in [0.1, 0.15) is 12.5 Å². The summed E-state index contributed by atoms with van der Waals surface area (Å²) in [7, 11) is 0. The Kier molecular flexibility index (Phi) is 3.94. The lowest BCUT2D eigenvalue weighted by Gasteiger charge is -2.14. The summed E-state index contributed by atoms with van der Waals surface area (Å²) < 4.78 is 14.9. The fraction of sp³-hybridized carbons (Fsp3) is 0.308. The van der Waals surface area contributed by atoms with E-state index in [1.807, 2.05) is 23.9 Å². The molecule has 1 aromatic heterocycles. The van der Waals surface area contributed by atoms with Gasteiger partial charge in [-0.3, -0.25) is 4.68 Å². The summed E-state index contributed by atoms with van der Waals surface area (Å²) >= 11 is 0. The van der Waals surface area contributed by atoms with Crippen LogP contribution in [0.5, 0.6) is 5.75 Å². The van der Waals surface area contributed by atoms with Gasteiger partial charge >= 0.3 is 0 Å². The zero-order chi connectivity index (χ0) is 13.0. The number of benzene rings is 1. The van der Waals surface area contributed by atoms with Gasteiger partial charge in [-0.05, 0) is 30.7 Å². The van der Waals surface area contributed by atoms with E-state index in [0.29, 0.717) is 6.54 Å². The normalized spacial score (nSPS) is 12.6. The molecule has 0 spiro atoms. The Morgan fingerprint density at radius 3 is 2.94 bits per heavy atom. The molecule has 1 unspecified atom stereocenters. The van der Waals surface area contributed by atoms with E-state index >= 15 is 0 Å². The van der Waals surface area contributed by atoms with Crippen LogP contribution >= 0.6 is 0 Å². The molecular weight excluding hydrogens is 233 g/mol. The van der Waals surface area contributed by atoms with Crippen molar-refractivity contribution >= 4 is 0 Å². The number of halogens is 1. The molecule has 0 radical (unpaired) electrons. The van der Waals surface area contributed by atoms with Gasteiger partial charge in [0.2, 0.25) is 0 Å². The van der Waals surface area contributed by atoms with Crippen molar-refractivity contribution in [2.24, 2.45) is 0 Å². The lowest BCUT2D eigenvalue weighted by Crippen LogP contribution is -2.30. The van der Waals surface area contributed by atoms with Crippen molar-refractivity contribution < 1.29 is 9.50 Å². The van der Waals surface area contributed by atoms with Crippen LogP contribution in [0.2, 0.25) is 0 Å². The second-order valence-electron chi connectivity index (χ2n) is 4.33. The van der Waals surface area contributed by atoms with Gasteiger partial charge < -0.3 is 10.4 Å². The standard InChI is InChI=1S/C13H16FN3O/c1-10(9-17-4-2-3-16-17)15-8-11-5-12(14)7-13(18)6-11/h2-7,10,15,18H,8-9H2,1H3. The molecule has 2 rings (SSSR count). The summed E-state index contributed by atoms with van der Waals surface area (Å²) in [4.78, 5) is 0. The molecule has 4 nitrogen and oxygen atoms in total. The first-order valence-corrected chi connectivity index (χ1v) is 5.83. The van der Waals surface area contributed by atoms with Crippen molar-refractivity contribution in [1.82, 2.24) is 15.1 Å². The van der Waals surface area contributed by atoms with Gasteiger partial charge in [-0.1, -0.05) is 0 Å². The fourth-order valence-corrected chi connectivity index (χ4v) is 1.78. The van der Waals surface area contributed by atoms with Crippen LogP contribution in [-0.2, 0) is 13.1 Å². The minimum absolute atomic E-state index is 0.0495. The van der Waals surface area contributed by atoms with E-state index in [1.165, 1.54) is 6.07 Å². The van der Waals surface area contributed by atoms with Crippen molar-refractivity contribution in [3.8, 4) is 5.75 Å². The molecule has 0 saturated heterocycles. The third-order valence-electron chi connectivity index (χ3n) is 2.62. The third-order valence-corrected chi connectivity index (χ3v) is 2.62. The van der Waals surface area contributed by atoms with Crippen molar-refractivity contribution in [1.29, 1.82) is 0 Å². The van der Waals surface area contributed by atoms with E-state index in [0.717, 1.165) is 18.2 Å². The first kappa shape index (κ1) is 12.6. The first-order valence-electron chi connectivity index (χ1n) is 5.83. The second kappa shape index (κ2) is 5.64. The van der Waals surface area contributed by atoms with Crippen LogP contribution in [0.15, 0.2) is 36.7 Å². The van der Waals surface area contributed by atoms with Gasteiger partial charge in [0, 0.05) is 31.0 Å². The average Bonchev–Trinajstić information content (AvgIpc) is 2.78. The van der Waals surface area contributed by atoms with Crippen molar-refractivity contribution in [3.05, 3.63) is 48.0 Å². The number of phenolic OH excluding ortho intramolecular Hbond substituents is 1. The van der Waals surface area contributed by atoms with Crippen molar-refractivity contribution in [2.45, 2.75) is 26.1 Å². The summed E-state index contributed by atoms with van der Waals surface area (Å²) in [6.45, 7) is 3.28. The topological polar surface area (TPSA) is 50.1 Å². The number of phenols is 1. The smallest absolute Gasteiger partial charge is 0.127 e. The zero-order valence-electron chi connectivity index (χ0n) is 10.2.